The Kier molecular flexibility index (Phi) is 7.09. The summed E-state index contributed by atoms with van der Waals surface area (Å²) in [5.41, 5.74) is 4.31. The molecule has 2 atom stereocenters. The number of hydrogen-bond acceptors (Lipinski definition) is 4. The average Bonchev–Trinajstić information content (AvgIpc) is 3.22. The molecule has 0 bridgehead atoms. The van der Waals surface area contributed by atoms with Crippen molar-refractivity contribution in [2.75, 3.05) is 5.32 Å². The largest absolute Gasteiger partial charge is 0.325 e. The lowest BCUT2D eigenvalue weighted by molar-refractivity contribution is -0.115. The van der Waals surface area contributed by atoms with E-state index in [2.05, 4.69) is 59.5 Å². The highest BCUT2D eigenvalue weighted by molar-refractivity contribution is 8.00. The van der Waals surface area contributed by atoms with Gasteiger partial charge in [0.15, 0.2) is 5.82 Å². The van der Waals surface area contributed by atoms with Crippen molar-refractivity contribution >= 4 is 23.4 Å². The van der Waals surface area contributed by atoms with Gasteiger partial charge in [-0.15, -0.1) is 5.10 Å². The van der Waals surface area contributed by atoms with Gasteiger partial charge < -0.3 is 5.32 Å². The number of anilines is 1. The number of para-hydroxylation sites is 1. The molecule has 3 rings (SSSR count). The van der Waals surface area contributed by atoms with Crippen LogP contribution in [-0.4, -0.2) is 26.3 Å². The van der Waals surface area contributed by atoms with Crippen LogP contribution in [0.2, 0.25) is 0 Å². The van der Waals surface area contributed by atoms with Crippen molar-refractivity contribution in [3.8, 4) is 11.4 Å². The number of nitrogens with one attached hydrogen (secondary N) is 2. The molecule has 0 radical (unpaired) electrons. The number of nitrogens with zero attached hydrogens (tertiary/aromatic N) is 2. The van der Waals surface area contributed by atoms with Crippen LogP contribution in [0.1, 0.15) is 51.2 Å². The fraction of sp³-hybridized carbons (Fsp3) is 0.348. The molecular formula is C23H28N4OS. The lowest BCUT2D eigenvalue weighted by Gasteiger charge is -2.17. The lowest BCUT2D eigenvalue weighted by atomic mass is 9.97. The Hall–Kier alpha value is -2.60. The molecule has 0 aliphatic heterocycles. The third-order valence-electron chi connectivity index (χ3n) is 5.11. The quantitative estimate of drug-likeness (QED) is 0.471. The first kappa shape index (κ1) is 21.1. The van der Waals surface area contributed by atoms with Crippen molar-refractivity contribution in [2.24, 2.45) is 0 Å². The van der Waals surface area contributed by atoms with Gasteiger partial charge >= 0.3 is 0 Å². The molecule has 29 heavy (non-hydrogen) atoms. The summed E-state index contributed by atoms with van der Waals surface area (Å²) in [6.07, 6.45) is 2.03. The molecule has 0 saturated carbocycles. The number of rotatable bonds is 8. The van der Waals surface area contributed by atoms with E-state index in [1.807, 2.05) is 37.3 Å². The van der Waals surface area contributed by atoms with Crippen LogP contribution < -0.4 is 5.32 Å². The van der Waals surface area contributed by atoms with Crippen molar-refractivity contribution in [1.29, 1.82) is 0 Å². The summed E-state index contributed by atoms with van der Waals surface area (Å²) in [7, 11) is 0. The van der Waals surface area contributed by atoms with Crippen LogP contribution in [0.3, 0.4) is 0 Å². The van der Waals surface area contributed by atoms with Crippen LogP contribution >= 0.6 is 11.8 Å². The second kappa shape index (κ2) is 9.74. The SMILES string of the molecule is CCc1ccc(-c2nc(S[C@H](C)C(=O)Nc3ccccc3[C@@H](C)CC)n[nH]2)cc1. The average molecular weight is 409 g/mol. The van der Waals surface area contributed by atoms with Crippen LogP contribution in [0, 0.1) is 0 Å². The zero-order chi connectivity index (χ0) is 20.8. The van der Waals surface area contributed by atoms with Gasteiger partial charge in [0.25, 0.3) is 0 Å². The van der Waals surface area contributed by atoms with Gasteiger partial charge in [0.1, 0.15) is 0 Å². The summed E-state index contributed by atoms with van der Waals surface area (Å²) in [5, 5.41) is 10.6. The Morgan fingerprint density at radius 2 is 1.83 bits per heavy atom. The maximum atomic E-state index is 12.7. The van der Waals surface area contributed by atoms with E-state index in [0.29, 0.717) is 16.9 Å². The zero-order valence-corrected chi connectivity index (χ0v) is 18.2. The van der Waals surface area contributed by atoms with E-state index in [9.17, 15) is 4.79 Å². The van der Waals surface area contributed by atoms with Gasteiger partial charge in [-0.1, -0.05) is 75.0 Å². The molecule has 0 unspecified atom stereocenters. The number of aromatic amines is 1. The minimum Gasteiger partial charge on any atom is -0.325 e. The van der Waals surface area contributed by atoms with E-state index in [-0.39, 0.29) is 11.2 Å². The highest BCUT2D eigenvalue weighted by Crippen LogP contribution is 2.28. The first-order valence-corrected chi connectivity index (χ1v) is 11.0. The first-order chi connectivity index (χ1) is 14.0. The topological polar surface area (TPSA) is 70.7 Å². The van der Waals surface area contributed by atoms with E-state index in [0.717, 1.165) is 29.7 Å². The fourth-order valence-corrected chi connectivity index (χ4v) is 3.76. The number of H-pyrrole nitrogens is 1. The van der Waals surface area contributed by atoms with E-state index in [1.54, 1.807) is 0 Å². The Labute approximate surface area is 176 Å². The van der Waals surface area contributed by atoms with Gasteiger partial charge in [-0.3, -0.25) is 9.89 Å². The van der Waals surface area contributed by atoms with E-state index >= 15 is 0 Å². The van der Waals surface area contributed by atoms with Crippen molar-refractivity contribution in [3.63, 3.8) is 0 Å². The smallest absolute Gasteiger partial charge is 0.237 e. The summed E-state index contributed by atoms with van der Waals surface area (Å²) in [6.45, 7) is 8.33. The Morgan fingerprint density at radius 3 is 2.52 bits per heavy atom. The minimum absolute atomic E-state index is 0.0515. The molecule has 2 aromatic carbocycles. The van der Waals surface area contributed by atoms with Crippen molar-refractivity contribution in [3.05, 3.63) is 59.7 Å². The van der Waals surface area contributed by atoms with Crippen molar-refractivity contribution in [1.82, 2.24) is 15.2 Å². The number of thioether (sulfide) groups is 1. The molecule has 3 aromatic rings. The fourth-order valence-electron chi connectivity index (χ4n) is 3.03. The van der Waals surface area contributed by atoms with Crippen LogP contribution in [0.25, 0.3) is 11.4 Å². The van der Waals surface area contributed by atoms with E-state index in [1.165, 1.54) is 17.3 Å². The van der Waals surface area contributed by atoms with Gasteiger partial charge in [-0.05, 0) is 42.9 Å². The van der Waals surface area contributed by atoms with Gasteiger partial charge in [-0.25, -0.2) is 4.98 Å². The number of hydrogen-bond donors (Lipinski definition) is 2. The Bertz CT molecular complexity index is 952. The molecule has 0 fully saturated rings. The van der Waals surface area contributed by atoms with E-state index < -0.39 is 0 Å². The standard InChI is InChI=1S/C23H28N4OS/c1-5-15(3)19-9-7-8-10-20(19)24-22(28)16(4)29-23-25-21(26-27-23)18-13-11-17(6-2)12-14-18/h7-16H,5-6H2,1-4H3,(H,24,28)(H,25,26,27)/t15-,16+/m0/s1. The molecule has 0 aliphatic rings. The van der Waals surface area contributed by atoms with Crippen LogP contribution in [-0.2, 0) is 11.2 Å². The highest BCUT2D eigenvalue weighted by Gasteiger charge is 2.19. The second-order valence-electron chi connectivity index (χ2n) is 7.16. The summed E-state index contributed by atoms with van der Waals surface area (Å²) >= 11 is 1.35. The third kappa shape index (κ3) is 5.26. The Balaban J connectivity index is 1.65. The molecule has 1 amide bonds. The summed E-state index contributed by atoms with van der Waals surface area (Å²) in [6, 6.07) is 16.3. The molecule has 1 heterocycles. The van der Waals surface area contributed by atoms with Crippen LogP contribution in [0.15, 0.2) is 53.7 Å². The lowest BCUT2D eigenvalue weighted by Crippen LogP contribution is -2.23. The molecule has 5 nitrogen and oxygen atoms in total. The normalized spacial score (nSPS) is 13.1. The molecule has 2 N–H and O–H groups in total. The van der Waals surface area contributed by atoms with Gasteiger partial charge in [-0.2, -0.15) is 0 Å². The van der Waals surface area contributed by atoms with Crippen molar-refractivity contribution in [2.45, 2.75) is 56.9 Å². The van der Waals surface area contributed by atoms with Gasteiger partial charge in [0.2, 0.25) is 11.1 Å². The number of carbonyl (C=O) groups excluding carboxylic acids is 1. The molecule has 0 aliphatic carbocycles. The van der Waals surface area contributed by atoms with Crippen molar-refractivity contribution < 1.29 is 4.79 Å². The van der Waals surface area contributed by atoms with E-state index in [4.69, 9.17) is 0 Å². The number of aromatic nitrogens is 3. The molecule has 1 aromatic heterocycles. The summed E-state index contributed by atoms with van der Waals surface area (Å²) in [5.74, 6) is 1.05. The maximum Gasteiger partial charge on any atom is 0.237 e. The predicted octanol–water partition coefficient (Wildman–Crippen LogP) is 5.67. The number of benzene rings is 2. The number of aryl methyl sites for hydroxylation is 1. The molecule has 6 heteroatoms. The summed E-state index contributed by atoms with van der Waals surface area (Å²) in [4.78, 5) is 17.3. The first-order valence-electron chi connectivity index (χ1n) is 10.1. The van der Waals surface area contributed by atoms with Crippen LogP contribution in [0.5, 0.6) is 0 Å². The number of carbonyl (C=O) groups is 1. The summed E-state index contributed by atoms with van der Waals surface area (Å²) < 4.78 is 0. The predicted molar refractivity (Wildman–Crippen MR) is 120 cm³/mol. The molecular weight excluding hydrogens is 380 g/mol. The third-order valence-corrected chi connectivity index (χ3v) is 6.07. The molecule has 0 spiro atoms. The maximum absolute atomic E-state index is 12.7. The second-order valence-corrected chi connectivity index (χ2v) is 8.47. The minimum atomic E-state index is -0.314. The van der Waals surface area contributed by atoms with Gasteiger partial charge in [0, 0.05) is 11.3 Å². The number of amides is 1. The monoisotopic (exact) mass is 408 g/mol. The molecule has 0 saturated heterocycles. The highest BCUT2D eigenvalue weighted by atomic mass is 32.2. The zero-order valence-electron chi connectivity index (χ0n) is 17.4. The molecule has 152 valence electrons. The Morgan fingerprint density at radius 1 is 1.10 bits per heavy atom. The van der Waals surface area contributed by atoms with Crippen LogP contribution in [0.4, 0.5) is 5.69 Å². The van der Waals surface area contributed by atoms with Gasteiger partial charge in [0.05, 0.1) is 5.25 Å².